The first kappa shape index (κ1) is 26.7. The van der Waals surface area contributed by atoms with Gasteiger partial charge in [-0.25, -0.2) is 0 Å². The fourth-order valence-corrected chi connectivity index (χ4v) is 4.43. The van der Waals surface area contributed by atoms with Crippen LogP contribution in [0.2, 0.25) is 0 Å². The van der Waals surface area contributed by atoms with E-state index in [1.807, 2.05) is 0 Å². The number of hydrogen-bond acceptors (Lipinski definition) is 0. The Morgan fingerprint density at radius 1 is 0.556 bits per heavy atom. The van der Waals surface area contributed by atoms with Crippen LogP contribution < -0.4 is 17.0 Å². The van der Waals surface area contributed by atoms with Crippen molar-refractivity contribution in [3.8, 4) is 0 Å². The van der Waals surface area contributed by atoms with E-state index in [1.165, 1.54) is 113 Å². The van der Waals surface area contributed by atoms with Crippen LogP contribution in [0.25, 0.3) is 0 Å². The van der Waals surface area contributed by atoms with Crippen LogP contribution in [0.15, 0.2) is 30.3 Å². The van der Waals surface area contributed by atoms with E-state index < -0.39 is 0 Å². The molecule has 0 unspecified atom stereocenters. The van der Waals surface area contributed by atoms with Gasteiger partial charge in [0.15, 0.2) is 0 Å². The first-order chi connectivity index (χ1) is 12.8. The van der Waals surface area contributed by atoms with Crippen molar-refractivity contribution in [1.29, 1.82) is 0 Å². The molecule has 27 heavy (non-hydrogen) atoms. The molecule has 1 rings (SSSR count). The number of halogens is 1. The van der Waals surface area contributed by atoms with Crippen molar-refractivity contribution in [3.05, 3.63) is 35.9 Å². The highest BCUT2D eigenvalue weighted by Crippen LogP contribution is 2.19. The molecule has 0 saturated carbocycles. The lowest BCUT2D eigenvalue weighted by Crippen LogP contribution is -3.00. The molecule has 0 atom stereocenters. The number of benzene rings is 1. The lowest BCUT2D eigenvalue weighted by Gasteiger charge is -2.39. The van der Waals surface area contributed by atoms with E-state index in [2.05, 4.69) is 51.1 Å². The molecule has 158 valence electrons. The monoisotopic (exact) mass is 439 g/mol. The SMILES string of the molecule is CCCCCCCCCCCC[N+](CCC)(CCC)Cc1ccccc1.[Br-]. The van der Waals surface area contributed by atoms with E-state index in [0.717, 1.165) is 0 Å². The summed E-state index contributed by atoms with van der Waals surface area (Å²) in [6, 6.07) is 11.2. The topological polar surface area (TPSA) is 0 Å². The van der Waals surface area contributed by atoms with E-state index in [9.17, 15) is 0 Å². The van der Waals surface area contributed by atoms with Crippen LogP contribution in [0.5, 0.6) is 0 Å². The van der Waals surface area contributed by atoms with Gasteiger partial charge in [0.2, 0.25) is 0 Å². The number of nitrogens with zero attached hydrogens (tertiary/aromatic N) is 1. The molecule has 0 bridgehead atoms. The molecule has 1 aromatic carbocycles. The summed E-state index contributed by atoms with van der Waals surface area (Å²) in [5, 5.41) is 0. The van der Waals surface area contributed by atoms with Crippen LogP contribution in [0.1, 0.15) is 103 Å². The van der Waals surface area contributed by atoms with Gasteiger partial charge >= 0.3 is 0 Å². The summed E-state index contributed by atoms with van der Waals surface area (Å²) in [4.78, 5) is 0. The quantitative estimate of drug-likeness (QED) is 0.242. The van der Waals surface area contributed by atoms with Gasteiger partial charge in [0.25, 0.3) is 0 Å². The van der Waals surface area contributed by atoms with Gasteiger partial charge in [-0.05, 0) is 25.7 Å². The Balaban J connectivity index is 0.00000676. The van der Waals surface area contributed by atoms with E-state index >= 15 is 0 Å². The summed E-state index contributed by atoms with van der Waals surface area (Å²) in [6.07, 6.45) is 16.9. The van der Waals surface area contributed by atoms with Crippen LogP contribution in [-0.2, 0) is 6.54 Å². The van der Waals surface area contributed by atoms with Crippen LogP contribution in [0, 0.1) is 0 Å². The lowest BCUT2D eigenvalue weighted by atomic mass is 10.1. The van der Waals surface area contributed by atoms with Crippen LogP contribution >= 0.6 is 0 Å². The minimum absolute atomic E-state index is 0. The van der Waals surface area contributed by atoms with Crippen LogP contribution in [-0.4, -0.2) is 24.1 Å². The summed E-state index contributed by atoms with van der Waals surface area (Å²) < 4.78 is 1.30. The second-order valence-corrected chi connectivity index (χ2v) is 8.34. The summed E-state index contributed by atoms with van der Waals surface area (Å²) in [5.74, 6) is 0. The van der Waals surface area contributed by atoms with Gasteiger partial charge in [0.05, 0.1) is 19.6 Å². The third kappa shape index (κ3) is 12.7. The Kier molecular flexibility index (Phi) is 17.5. The summed E-state index contributed by atoms with van der Waals surface area (Å²) >= 11 is 0. The molecule has 1 nitrogen and oxygen atoms in total. The second kappa shape index (κ2) is 17.7. The fourth-order valence-electron chi connectivity index (χ4n) is 4.43. The maximum absolute atomic E-state index is 2.35. The zero-order chi connectivity index (χ0) is 18.9. The average Bonchev–Trinajstić information content (AvgIpc) is 2.64. The summed E-state index contributed by atoms with van der Waals surface area (Å²) in [6.45, 7) is 12.3. The third-order valence-electron chi connectivity index (χ3n) is 5.74. The average molecular weight is 441 g/mol. The smallest absolute Gasteiger partial charge is 0.104 e. The van der Waals surface area contributed by atoms with E-state index in [4.69, 9.17) is 0 Å². The predicted molar refractivity (Wildman–Crippen MR) is 117 cm³/mol. The molecule has 0 spiro atoms. The molecule has 0 saturated heterocycles. The molecule has 0 aliphatic carbocycles. The Morgan fingerprint density at radius 3 is 1.52 bits per heavy atom. The highest BCUT2D eigenvalue weighted by Gasteiger charge is 2.25. The van der Waals surface area contributed by atoms with Gasteiger partial charge in [-0.3, -0.25) is 0 Å². The Hall–Kier alpha value is -0.340. The summed E-state index contributed by atoms with van der Waals surface area (Å²) in [7, 11) is 0. The van der Waals surface area contributed by atoms with Crippen molar-refractivity contribution in [2.45, 2.75) is 104 Å². The highest BCUT2D eigenvalue weighted by atomic mass is 79.9. The molecule has 0 N–H and O–H groups in total. The number of unbranched alkanes of at least 4 members (excludes halogenated alkanes) is 9. The molecule has 0 radical (unpaired) electrons. The van der Waals surface area contributed by atoms with Gasteiger partial charge < -0.3 is 21.5 Å². The van der Waals surface area contributed by atoms with Crippen molar-refractivity contribution in [2.24, 2.45) is 0 Å². The fraction of sp³-hybridized carbons (Fsp3) is 0.760. The Labute approximate surface area is 181 Å². The molecule has 0 aromatic heterocycles. The van der Waals surface area contributed by atoms with Gasteiger partial charge in [-0.15, -0.1) is 0 Å². The lowest BCUT2D eigenvalue weighted by molar-refractivity contribution is -0.941. The largest absolute Gasteiger partial charge is 1.00 e. The van der Waals surface area contributed by atoms with E-state index in [-0.39, 0.29) is 17.0 Å². The Bertz CT molecular complexity index is 412. The molecule has 1 aromatic rings. The molecular weight excluding hydrogens is 394 g/mol. The second-order valence-electron chi connectivity index (χ2n) is 8.34. The van der Waals surface area contributed by atoms with Gasteiger partial charge in [-0.1, -0.05) is 102 Å². The van der Waals surface area contributed by atoms with Crippen LogP contribution in [0.4, 0.5) is 0 Å². The molecule has 0 heterocycles. The van der Waals surface area contributed by atoms with Crippen LogP contribution in [0.3, 0.4) is 0 Å². The number of quaternary nitrogens is 1. The van der Waals surface area contributed by atoms with Crippen molar-refractivity contribution in [3.63, 3.8) is 0 Å². The standard InChI is InChI=1S/C25H46N.BrH/c1-4-7-8-9-10-11-12-13-14-18-23-26(21-5-2,22-6-3)24-25-19-16-15-17-20-25;/h15-17,19-20H,4-14,18,21-24H2,1-3H3;1H/q+1;/p-1. The maximum Gasteiger partial charge on any atom is 0.104 e. The van der Waals surface area contributed by atoms with Crippen molar-refractivity contribution in [1.82, 2.24) is 0 Å². The molecule has 0 fully saturated rings. The number of rotatable bonds is 17. The Morgan fingerprint density at radius 2 is 1.04 bits per heavy atom. The molecule has 0 aliphatic heterocycles. The first-order valence-electron chi connectivity index (χ1n) is 11.7. The minimum Gasteiger partial charge on any atom is -1.00 e. The first-order valence-corrected chi connectivity index (χ1v) is 11.7. The molecule has 0 amide bonds. The zero-order valence-electron chi connectivity index (χ0n) is 18.5. The van der Waals surface area contributed by atoms with Crippen molar-refractivity contribution in [2.75, 3.05) is 19.6 Å². The summed E-state index contributed by atoms with van der Waals surface area (Å²) in [5.41, 5.74) is 1.52. The predicted octanol–water partition coefficient (Wildman–Crippen LogP) is 4.75. The molecule has 0 aliphatic rings. The molecule has 2 heteroatoms. The normalized spacial score (nSPS) is 11.4. The maximum atomic E-state index is 2.35. The van der Waals surface area contributed by atoms with Gasteiger partial charge in [0.1, 0.15) is 6.54 Å². The van der Waals surface area contributed by atoms with Crippen molar-refractivity contribution < 1.29 is 21.5 Å². The van der Waals surface area contributed by atoms with Gasteiger partial charge in [-0.2, -0.15) is 0 Å². The van der Waals surface area contributed by atoms with Gasteiger partial charge in [0, 0.05) is 5.56 Å². The van der Waals surface area contributed by atoms with E-state index in [0.29, 0.717) is 0 Å². The van der Waals surface area contributed by atoms with Crippen molar-refractivity contribution >= 4 is 0 Å². The number of hydrogen-bond donors (Lipinski definition) is 0. The molecular formula is C25H46BrN. The minimum atomic E-state index is 0. The zero-order valence-corrected chi connectivity index (χ0v) is 20.1. The van der Waals surface area contributed by atoms with E-state index in [1.54, 1.807) is 0 Å². The highest BCUT2D eigenvalue weighted by molar-refractivity contribution is 5.13. The third-order valence-corrected chi connectivity index (χ3v) is 5.74.